The van der Waals surface area contributed by atoms with E-state index in [0.29, 0.717) is 6.07 Å². The number of pyridine rings is 2. The van der Waals surface area contributed by atoms with Crippen molar-refractivity contribution in [2.45, 2.75) is 18.0 Å². The van der Waals surface area contributed by atoms with Gasteiger partial charge in [-0.25, -0.2) is 27.7 Å². The summed E-state index contributed by atoms with van der Waals surface area (Å²) >= 11 is 12.0. The number of hydrogen-bond donors (Lipinski definition) is 0. The summed E-state index contributed by atoms with van der Waals surface area (Å²) < 4.78 is 66.4. The van der Waals surface area contributed by atoms with Crippen LogP contribution in [-0.4, -0.2) is 48.7 Å². The molecule has 0 amide bonds. The van der Waals surface area contributed by atoms with Gasteiger partial charge in [0.05, 0.1) is 16.7 Å². The maximum atomic E-state index is 13.0. The smallest absolute Gasteiger partial charge is 0.251 e. The van der Waals surface area contributed by atoms with Gasteiger partial charge in [-0.05, 0) is 29.8 Å². The molecule has 0 aromatic carbocycles. The van der Waals surface area contributed by atoms with Gasteiger partial charge < -0.3 is 0 Å². The van der Waals surface area contributed by atoms with Gasteiger partial charge in [-0.15, -0.1) is 5.10 Å². The first-order valence-electron chi connectivity index (χ1n) is 8.44. The fourth-order valence-electron chi connectivity index (χ4n) is 2.70. The number of sulfone groups is 1. The highest BCUT2D eigenvalue weighted by Crippen LogP contribution is 2.33. The number of halogens is 5. The van der Waals surface area contributed by atoms with E-state index < -0.39 is 21.7 Å². The standard InChI is InChI=1S/C16H10Cl2F3N7O2S/c1-2-31(29,30)10-3-4-12(27-7-23-15(18)26-27)24-14(10)28-13(17)8-6-22-11(16(19,20)21)5-9(8)25-28/h3-7H,2H2,1H3. The minimum atomic E-state index is -4.69. The molecule has 0 atom stereocenters. The third-order valence-electron chi connectivity index (χ3n) is 4.23. The summed E-state index contributed by atoms with van der Waals surface area (Å²) in [6.07, 6.45) is -2.52. The lowest BCUT2D eigenvalue weighted by molar-refractivity contribution is -0.141. The van der Waals surface area contributed by atoms with Crippen LogP contribution < -0.4 is 0 Å². The van der Waals surface area contributed by atoms with E-state index in [9.17, 15) is 21.6 Å². The Morgan fingerprint density at radius 3 is 2.48 bits per heavy atom. The third-order valence-corrected chi connectivity index (χ3v) is 6.51. The summed E-state index contributed by atoms with van der Waals surface area (Å²) in [5.74, 6) is -0.344. The monoisotopic (exact) mass is 491 g/mol. The van der Waals surface area contributed by atoms with Crippen LogP contribution in [0.4, 0.5) is 13.2 Å². The first kappa shape index (κ1) is 21.5. The second kappa shape index (κ2) is 7.43. The van der Waals surface area contributed by atoms with Crippen LogP contribution in [0.15, 0.2) is 35.6 Å². The Labute approximate surface area is 182 Å². The number of hydrogen-bond acceptors (Lipinski definition) is 7. The van der Waals surface area contributed by atoms with Gasteiger partial charge >= 0.3 is 6.18 Å². The van der Waals surface area contributed by atoms with Gasteiger partial charge in [-0.2, -0.15) is 18.3 Å². The number of alkyl halides is 3. The molecule has 9 nitrogen and oxygen atoms in total. The zero-order chi connectivity index (χ0) is 22.6. The molecule has 0 bridgehead atoms. The number of fused-ring (bicyclic) bond motifs is 1. The molecule has 4 heterocycles. The van der Waals surface area contributed by atoms with E-state index in [1.165, 1.54) is 30.1 Å². The topological polar surface area (TPSA) is 108 Å². The van der Waals surface area contributed by atoms with E-state index in [0.717, 1.165) is 10.9 Å². The Kier molecular flexibility index (Phi) is 5.14. The second-order valence-electron chi connectivity index (χ2n) is 6.14. The molecule has 4 rings (SSSR count). The predicted molar refractivity (Wildman–Crippen MR) is 104 cm³/mol. The molecule has 31 heavy (non-hydrogen) atoms. The third kappa shape index (κ3) is 3.83. The van der Waals surface area contributed by atoms with Crippen LogP contribution in [0.2, 0.25) is 10.4 Å². The molecule has 0 saturated heterocycles. The van der Waals surface area contributed by atoms with Crippen LogP contribution in [0.3, 0.4) is 0 Å². The van der Waals surface area contributed by atoms with Gasteiger partial charge in [0.2, 0.25) is 5.28 Å². The predicted octanol–water partition coefficient (Wildman–Crippen LogP) is 3.52. The lowest BCUT2D eigenvalue weighted by Crippen LogP contribution is -2.13. The fourth-order valence-corrected chi connectivity index (χ4v) is 4.09. The molecule has 0 aliphatic heterocycles. The summed E-state index contributed by atoms with van der Waals surface area (Å²) in [6.45, 7) is 1.44. The van der Waals surface area contributed by atoms with Crippen LogP contribution in [0.25, 0.3) is 22.5 Å². The quantitative estimate of drug-likeness (QED) is 0.429. The number of aromatic nitrogens is 7. The highest BCUT2D eigenvalue weighted by molar-refractivity contribution is 7.91. The first-order chi connectivity index (χ1) is 14.5. The van der Waals surface area contributed by atoms with Crippen molar-refractivity contribution in [2.75, 3.05) is 5.75 Å². The minimum absolute atomic E-state index is 0.0674. The van der Waals surface area contributed by atoms with E-state index >= 15 is 0 Å². The van der Waals surface area contributed by atoms with E-state index in [1.54, 1.807) is 0 Å². The van der Waals surface area contributed by atoms with E-state index in [2.05, 4.69) is 25.1 Å². The molecule has 0 aliphatic carbocycles. The van der Waals surface area contributed by atoms with Crippen LogP contribution in [0.1, 0.15) is 12.6 Å². The molecule has 0 radical (unpaired) electrons. The summed E-state index contributed by atoms with van der Waals surface area (Å²) in [4.78, 5) is 11.2. The van der Waals surface area contributed by atoms with Gasteiger partial charge in [0, 0.05) is 6.20 Å². The average molecular weight is 492 g/mol. The average Bonchev–Trinajstić information content (AvgIpc) is 3.30. The van der Waals surface area contributed by atoms with Crippen molar-refractivity contribution in [1.82, 2.24) is 34.5 Å². The van der Waals surface area contributed by atoms with Gasteiger partial charge in [0.15, 0.2) is 21.5 Å². The van der Waals surface area contributed by atoms with Crippen LogP contribution >= 0.6 is 23.2 Å². The maximum Gasteiger partial charge on any atom is 0.433 e. The lowest BCUT2D eigenvalue weighted by atomic mass is 10.3. The minimum Gasteiger partial charge on any atom is -0.251 e. The molecule has 4 aromatic rings. The molecule has 15 heteroatoms. The van der Waals surface area contributed by atoms with Crippen molar-refractivity contribution in [1.29, 1.82) is 0 Å². The maximum absolute atomic E-state index is 13.0. The molecular formula is C16H10Cl2F3N7O2S. The molecular weight excluding hydrogens is 482 g/mol. The molecule has 0 unspecified atom stereocenters. The van der Waals surface area contributed by atoms with Crippen molar-refractivity contribution in [2.24, 2.45) is 0 Å². The molecule has 0 N–H and O–H groups in total. The Hall–Kier alpha value is -2.77. The Balaban J connectivity index is 1.99. The van der Waals surface area contributed by atoms with Gasteiger partial charge in [-0.1, -0.05) is 18.5 Å². The number of rotatable bonds is 4. The summed E-state index contributed by atoms with van der Waals surface area (Å²) in [7, 11) is -3.81. The van der Waals surface area contributed by atoms with Gasteiger partial charge in [0.25, 0.3) is 0 Å². The van der Waals surface area contributed by atoms with E-state index in [4.69, 9.17) is 23.2 Å². The van der Waals surface area contributed by atoms with Crippen LogP contribution in [-0.2, 0) is 16.0 Å². The Morgan fingerprint density at radius 2 is 1.87 bits per heavy atom. The zero-order valence-electron chi connectivity index (χ0n) is 15.3. The largest absolute Gasteiger partial charge is 0.433 e. The fraction of sp³-hybridized carbons (Fsp3) is 0.188. The lowest BCUT2D eigenvalue weighted by Gasteiger charge is -2.11. The highest BCUT2D eigenvalue weighted by Gasteiger charge is 2.33. The van der Waals surface area contributed by atoms with Crippen molar-refractivity contribution in [3.05, 3.63) is 46.9 Å². The molecule has 162 valence electrons. The van der Waals surface area contributed by atoms with Crippen molar-refractivity contribution < 1.29 is 21.6 Å². The summed E-state index contributed by atoms with van der Waals surface area (Å²) in [6, 6.07) is 3.36. The number of nitrogens with zero attached hydrogens (tertiary/aromatic N) is 7. The van der Waals surface area contributed by atoms with Crippen molar-refractivity contribution in [3.63, 3.8) is 0 Å². The van der Waals surface area contributed by atoms with Crippen molar-refractivity contribution in [3.8, 4) is 11.6 Å². The summed E-state index contributed by atoms with van der Waals surface area (Å²) in [5, 5.41) is 7.80. The second-order valence-corrected chi connectivity index (χ2v) is 9.08. The van der Waals surface area contributed by atoms with Gasteiger partial charge in [0.1, 0.15) is 22.1 Å². The van der Waals surface area contributed by atoms with E-state index in [1.807, 2.05) is 0 Å². The van der Waals surface area contributed by atoms with Gasteiger partial charge in [-0.3, -0.25) is 4.98 Å². The Bertz CT molecular complexity index is 1420. The first-order valence-corrected chi connectivity index (χ1v) is 10.9. The van der Waals surface area contributed by atoms with Crippen LogP contribution in [0, 0.1) is 0 Å². The molecule has 0 saturated carbocycles. The van der Waals surface area contributed by atoms with E-state index in [-0.39, 0.29) is 43.6 Å². The highest BCUT2D eigenvalue weighted by atomic mass is 35.5. The van der Waals surface area contributed by atoms with Crippen molar-refractivity contribution >= 4 is 43.9 Å². The normalized spacial score (nSPS) is 12.6. The zero-order valence-corrected chi connectivity index (χ0v) is 17.7. The van der Waals surface area contributed by atoms with Crippen LogP contribution in [0.5, 0.6) is 0 Å². The summed E-state index contributed by atoms with van der Waals surface area (Å²) in [5.41, 5.74) is -1.30. The molecule has 0 aliphatic rings. The SMILES string of the molecule is CCS(=O)(=O)c1ccc(-n2cnc(Cl)n2)nc1-n1nc2cc(C(F)(F)F)ncc2c1Cl. The molecule has 0 spiro atoms. The molecule has 0 fully saturated rings. The Morgan fingerprint density at radius 1 is 1.13 bits per heavy atom. The molecule has 4 aromatic heterocycles.